The Morgan fingerprint density at radius 2 is 2.10 bits per heavy atom. The number of hydrogen-bond donors (Lipinski definition) is 2. The highest BCUT2D eigenvalue weighted by molar-refractivity contribution is 5.97. The third-order valence-electron chi connectivity index (χ3n) is 3.99. The number of carbonyl (C=O) groups excluding carboxylic acids is 2. The molecule has 1 atom stereocenters. The Labute approximate surface area is 130 Å². The van der Waals surface area contributed by atoms with Gasteiger partial charge in [-0.3, -0.25) is 9.59 Å². The molecule has 2 aliphatic rings. The van der Waals surface area contributed by atoms with E-state index in [2.05, 4.69) is 16.7 Å². The summed E-state index contributed by atoms with van der Waals surface area (Å²) < 4.78 is 0. The first kappa shape index (κ1) is 15.8. The average Bonchev–Trinajstić information content (AvgIpc) is 2.69. The number of carbonyl (C=O) groups is 2. The van der Waals surface area contributed by atoms with Crippen LogP contribution in [0.4, 0.5) is 5.69 Å². The van der Waals surface area contributed by atoms with E-state index in [-0.39, 0.29) is 30.1 Å². The molecular weight excluding hydrogens is 290 g/mol. The minimum absolute atomic E-state index is 0. The zero-order chi connectivity index (χ0) is 13.9. The van der Waals surface area contributed by atoms with Crippen LogP contribution >= 0.6 is 12.4 Å². The maximum Gasteiger partial charge on any atom is 0.231 e. The second-order valence-corrected chi connectivity index (χ2v) is 5.34. The highest BCUT2D eigenvalue weighted by Crippen LogP contribution is 2.25. The fourth-order valence-corrected chi connectivity index (χ4v) is 2.85. The summed E-state index contributed by atoms with van der Waals surface area (Å²) in [4.78, 5) is 25.8. The van der Waals surface area contributed by atoms with Crippen LogP contribution in [0.3, 0.4) is 0 Å². The van der Waals surface area contributed by atoms with Gasteiger partial charge in [-0.1, -0.05) is 18.2 Å². The van der Waals surface area contributed by atoms with Crippen LogP contribution in [-0.4, -0.2) is 31.4 Å². The van der Waals surface area contributed by atoms with E-state index in [4.69, 9.17) is 0 Å². The lowest BCUT2D eigenvalue weighted by Gasteiger charge is -2.29. The highest BCUT2D eigenvalue weighted by atomic mass is 35.5. The largest absolute Gasteiger partial charge is 0.355 e. The van der Waals surface area contributed by atoms with Gasteiger partial charge in [-0.05, 0) is 18.1 Å². The third-order valence-corrected chi connectivity index (χ3v) is 3.99. The van der Waals surface area contributed by atoms with E-state index in [1.807, 2.05) is 23.1 Å². The van der Waals surface area contributed by atoms with Crippen molar-refractivity contribution in [1.82, 2.24) is 10.6 Å². The minimum Gasteiger partial charge on any atom is -0.355 e. The van der Waals surface area contributed by atoms with Crippen molar-refractivity contribution in [2.75, 3.05) is 24.5 Å². The first-order valence-electron chi connectivity index (χ1n) is 7.12. The summed E-state index contributed by atoms with van der Waals surface area (Å²) in [6.45, 7) is 2.73. The molecule has 2 aliphatic heterocycles. The standard InChI is InChI=1S/C15H19N3O2.ClH/c19-14-6-5-12(10-17-14)15(20)18-8-7-16-9-11-3-1-2-4-13(11)18;/h1-4,12,16H,5-10H2,(H,17,19);1H. The van der Waals surface area contributed by atoms with Crippen molar-refractivity contribution in [3.63, 3.8) is 0 Å². The second kappa shape index (κ2) is 6.91. The first-order valence-corrected chi connectivity index (χ1v) is 7.12. The molecule has 2 heterocycles. The molecule has 0 aromatic heterocycles. The van der Waals surface area contributed by atoms with Crippen molar-refractivity contribution in [1.29, 1.82) is 0 Å². The molecule has 21 heavy (non-hydrogen) atoms. The predicted octanol–water partition coefficient (Wildman–Crippen LogP) is 1.07. The van der Waals surface area contributed by atoms with Crippen molar-refractivity contribution < 1.29 is 9.59 Å². The lowest BCUT2D eigenvalue weighted by atomic mass is 9.97. The second-order valence-electron chi connectivity index (χ2n) is 5.34. The van der Waals surface area contributed by atoms with Gasteiger partial charge in [0.15, 0.2) is 0 Å². The van der Waals surface area contributed by atoms with E-state index in [1.54, 1.807) is 0 Å². The monoisotopic (exact) mass is 309 g/mol. The van der Waals surface area contributed by atoms with Gasteiger partial charge in [-0.15, -0.1) is 12.4 Å². The summed E-state index contributed by atoms with van der Waals surface area (Å²) >= 11 is 0. The highest BCUT2D eigenvalue weighted by Gasteiger charge is 2.30. The smallest absolute Gasteiger partial charge is 0.231 e. The number of fused-ring (bicyclic) bond motifs is 1. The molecule has 5 nitrogen and oxygen atoms in total. The molecule has 1 unspecified atom stereocenters. The molecule has 2 amide bonds. The number of piperidine rings is 1. The number of benzene rings is 1. The number of amides is 2. The van der Waals surface area contributed by atoms with Crippen molar-refractivity contribution in [3.8, 4) is 0 Å². The van der Waals surface area contributed by atoms with Gasteiger partial charge in [0.2, 0.25) is 11.8 Å². The van der Waals surface area contributed by atoms with Crippen LogP contribution in [0.15, 0.2) is 24.3 Å². The molecule has 1 saturated heterocycles. The van der Waals surface area contributed by atoms with Crippen molar-refractivity contribution in [2.24, 2.45) is 5.92 Å². The Kier molecular flexibility index (Phi) is 5.20. The van der Waals surface area contributed by atoms with Gasteiger partial charge in [0.25, 0.3) is 0 Å². The van der Waals surface area contributed by atoms with E-state index in [0.717, 1.165) is 24.3 Å². The van der Waals surface area contributed by atoms with Crippen LogP contribution in [0.1, 0.15) is 18.4 Å². The maximum absolute atomic E-state index is 12.7. The summed E-state index contributed by atoms with van der Waals surface area (Å²) in [7, 11) is 0. The summed E-state index contributed by atoms with van der Waals surface area (Å²) in [5.74, 6) is 0.0759. The topological polar surface area (TPSA) is 61.4 Å². The number of halogens is 1. The molecule has 1 aromatic rings. The average molecular weight is 310 g/mol. The number of anilines is 1. The fourth-order valence-electron chi connectivity index (χ4n) is 2.85. The zero-order valence-corrected chi connectivity index (χ0v) is 12.6. The van der Waals surface area contributed by atoms with E-state index in [1.165, 1.54) is 0 Å². The van der Waals surface area contributed by atoms with Gasteiger partial charge < -0.3 is 15.5 Å². The normalized spacial score (nSPS) is 21.6. The third kappa shape index (κ3) is 3.36. The molecular formula is C15H20ClN3O2. The Hall–Kier alpha value is -1.59. The Balaban J connectivity index is 0.00000161. The Morgan fingerprint density at radius 3 is 2.86 bits per heavy atom. The Morgan fingerprint density at radius 1 is 1.29 bits per heavy atom. The SMILES string of the molecule is Cl.O=C1CCC(C(=O)N2CCNCc3ccccc32)CN1. The van der Waals surface area contributed by atoms with Crippen molar-refractivity contribution in [3.05, 3.63) is 29.8 Å². The molecule has 0 aliphatic carbocycles. The first-order chi connectivity index (χ1) is 9.75. The number of para-hydroxylation sites is 1. The van der Waals surface area contributed by atoms with Crippen LogP contribution in [0.5, 0.6) is 0 Å². The van der Waals surface area contributed by atoms with Gasteiger partial charge in [0.1, 0.15) is 0 Å². The molecule has 1 aromatic carbocycles. The summed E-state index contributed by atoms with van der Waals surface area (Å²) in [6.07, 6.45) is 1.10. The van der Waals surface area contributed by atoms with Crippen LogP contribution in [-0.2, 0) is 16.1 Å². The van der Waals surface area contributed by atoms with Gasteiger partial charge in [0.05, 0.1) is 5.92 Å². The molecule has 1 fully saturated rings. The summed E-state index contributed by atoms with van der Waals surface area (Å²) in [6, 6.07) is 8.01. The summed E-state index contributed by atoms with van der Waals surface area (Å²) in [5.41, 5.74) is 2.15. The van der Waals surface area contributed by atoms with Crippen LogP contribution in [0.25, 0.3) is 0 Å². The van der Waals surface area contributed by atoms with E-state index in [0.29, 0.717) is 25.9 Å². The van der Waals surface area contributed by atoms with Gasteiger partial charge in [-0.2, -0.15) is 0 Å². The van der Waals surface area contributed by atoms with Gasteiger partial charge in [0, 0.05) is 38.3 Å². The predicted molar refractivity (Wildman–Crippen MR) is 83.5 cm³/mol. The van der Waals surface area contributed by atoms with Crippen molar-refractivity contribution >= 4 is 29.9 Å². The lowest BCUT2D eigenvalue weighted by molar-refractivity contribution is -0.127. The lowest BCUT2D eigenvalue weighted by Crippen LogP contribution is -2.46. The Bertz CT molecular complexity index is 525. The van der Waals surface area contributed by atoms with Crippen LogP contribution in [0.2, 0.25) is 0 Å². The molecule has 6 heteroatoms. The number of hydrogen-bond acceptors (Lipinski definition) is 3. The molecule has 0 saturated carbocycles. The van der Waals surface area contributed by atoms with E-state index in [9.17, 15) is 9.59 Å². The minimum atomic E-state index is -0.0983. The zero-order valence-electron chi connectivity index (χ0n) is 11.8. The summed E-state index contributed by atoms with van der Waals surface area (Å²) in [5, 5.41) is 6.12. The van der Waals surface area contributed by atoms with Crippen LogP contribution in [0, 0.1) is 5.92 Å². The number of nitrogens with one attached hydrogen (secondary N) is 2. The fraction of sp³-hybridized carbons (Fsp3) is 0.467. The molecule has 2 N–H and O–H groups in total. The maximum atomic E-state index is 12.7. The molecule has 0 bridgehead atoms. The quantitative estimate of drug-likeness (QED) is 0.816. The van der Waals surface area contributed by atoms with Crippen molar-refractivity contribution in [2.45, 2.75) is 19.4 Å². The number of nitrogens with zero attached hydrogens (tertiary/aromatic N) is 1. The molecule has 0 spiro atoms. The number of rotatable bonds is 1. The molecule has 114 valence electrons. The van der Waals surface area contributed by atoms with E-state index < -0.39 is 0 Å². The van der Waals surface area contributed by atoms with Gasteiger partial charge >= 0.3 is 0 Å². The van der Waals surface area contributed by atoms with Crippen LogP contribution < -0.4 is 15.5 Å². The van der Waals surface area contributed by atoms with Gasteiger partial charge in [-0.25, -0.2) is 0 Å². The molecule has 0 radical (unpaired) electrons. The molecule has 3 rings (SSSR count). The van der Waals surface area contributed by atoms with E-state index >= 15 is 0 Å².